The molecule has 0 radical (unpaired) electrons. The van der Waals surface area contributed by atoms with Crippen LogP contribution in [0.15, 0.2) is 42.6 Å². The molecule has 1 aromatic carbocycles. The zero-order valence-corrected chi connectivity index (χ0v) is 17.0. The van der Waals surface area contributed by atoms with Gasteiger partial charge in [-0.1, -0.05) is 18.2 Å². The van der Waals surface area contributed by atoms with Crippen molar-refractivity contribution in [3.63, 3.8) is 0 Å². The van der Waals surface area contributed by atoms with Crippen molar-refractivity contribution in [1.82, 2.24) is 24.9 Å². The summed E-state index contributed by atoms with van der Waals surface area (Å²) in [6.07, 6.45) is -2.95. The number of hydrogen-bond donors (Lipinski definition) is 1. The van der Waals surface area contributed by atoms with Crippen LogP contribution in [0.4, 0.5) is 13.2 Å². The molecule has 0 aliphatic heterocycles. The number of fused-ring (bicyclic) bond motifs is 1. The van der Waals surface area contributed by atoms with Gasteiger partial charge in [-0.25, -0.2) is 4.68 Å². The lowest BCUT2D eigenvalue weighted by Gasteiger charge is -2.05. The second kappa shape index (κ2) is 7.60. The standard InChI is InChI=1S/C20H18F3N5OS/c1-3-27-12(2)13(11-25-27)10-24-18(29)16-9-15-17(20(21,22)23)26-28(19(15)30-16)14-7-5-4-6-8-14/h4-9,11H,3,10H2,1-2H3,(H,24,29). The first-order chi connectivity index (χ1) is 14.3. The highest BCUT2D eigenvalue weighted by Crippen LogP contribution is 2.38. The summed E-state index contributed by atoms with van der Waals surface area (Å²) >= 11 is 0.980. The number of carbonyl (C=O) groups excluding carboxylic acids is 1. The molecule has 0 fully saturated rings. The number of halogens is 3. The van der Waals surface area contributed by atoms with Gasteiger partial charge < -0.3 is 5.32 Å². The molecule has 4 rings (SSSR count). The molecule has 0 bridgehead atoms. The van der Waals surface area contributed by atoms with Crippen LogP contribution in [0.25, 0.3) is 15.9 Å². The number of hydrogen-bond acceptors (Lipinski definition) is 4. The summed E-state index contributed by atoms with van der Waals surface area (Å²) in [6.45, 7) is 4.83. The first-order valence-corrected chi connectivity index (χ1v) is 10.1. The maximum atomic E-state index is 13.5. The Morgan fingerprint density at radius 2 is 1.97 bits per heavy atom. The van der Waals surface area contributed by atoms with Crippen LogP contribution in [-0.2, 0) is 19.3 Å². The van der Waals surface area contributed by atoms with Gasteiger partial charge in [0.2, 0.25) is 0 Å². The van der Waals surface area contributed by atoms with Crippen LogP contribution in [0.1, 0.15) is 33.5 Å². The minimum atomic E-state index is -4.63. The molecule has 6 nitrogen and oxygen atoms in total. The Morgan fingerprint density at radius 3 is 2.60 bits per heavy atom. The van der Waals surface area contributed by atoms with Gasteiger partial charge in [-0.05, 0) is 32.0 Å². The third-order valence-corrected chi connectivity index (χ3v) is 5.91. The molecular formula is C20H18F3N5OS. The second-order valence-electron chi connectivity index (χ2n) is 6.68. The highest BCUT2D eigenvalue weighted by atomic mass is 32.1. The molecule has 0 saturated heterocycles. The molecule has 1 amide bonds. The predicted octanol–water partition coefficient (Wildman–Crippen LogP) is 4.56. The monoisotopic (exact) mass is 433 g/mol. The zero-order chi connectivity index (χ0) is 21.5. The van der Waals surface area contributed by atoms with E-state index in [-0.39, 0.29) is 21.6 Å². The Bertz CT molecular complexity index is 1210. The number of para-hydroxylation sites is 1. The fourth-order valence-electron chi connectivity index (χ4n) is 3.21. The van der Waals surface area contributed by atoms with Gasteiger partial charge in [-0.3, -0.25) is 9.48 Å². The fourth-order valence-corrected chi connectivity index (χ4v) is 4.26. The number of alkyl halides is 3. The Labute approximate surface area is 173 Å². The number of carbonyl (C=O) groups is 1. The average molecular weight is 433 g/mol. The summed E-state index contributed by atoms with van der Waals surface area (Å²) in [6, 6.07) is 9.80. The minimum absolute atomic E-state index is 0.0866. The molecule has 156 valence electrons. The van der Waals surface area contributed by atoms with E-state index in [0.29, 0.717) is 12.2 Å². The molecule has 0 unspecified atom stereocenters. The number of nitrogens with one attached hydrogen (secondary N) is 1. The summed E-state index contributed by atoms with van der Waals surface area (Å²) < 4.78 is 43.6. The topological polar surface area (TPSA) is 64.7 Å². The summed E-state index contributed by atoms with van der Waals surface area (Å²) in [5, 5.41) is 10.7. The number of nitrogens with zero attached hydrogens (tertiary/aromatic N) is 4. The quantitative estimate of drug-likeness (QED) is 0.502. The lowest BCUT2D eigenvalue weighted by atomic mass is 10.2. The first-order valence-electron chi connectivity index (χ1n) is 9.24. The van der Waals surface area contributed by atoms with Crippen LogP contribution in [0, 0.1) is 6.92 Å². The lowest BCUT2D eigenvalue weighted by molar-refractivity contribution is -0.140. The Hall–Kier alpha value is -3.14. The van der Waals surface area contributed by atoms with Gasteiger partial charge in [-0.15, -0.1) is 11.3 Å². The van der Waals surface area contributed by atoms with Gasteiger partial charge in [-0.2, -0.15) is 23.4 Å². The average Bonchev–Trinajstić information content (AvgIpc) is 3.39. The van der Waals surface area contributed by atoms with Gasteiger partial charge in [0.05, 0.1) is 16.8 Å². The van der Waals surface area contributed by atoms with E-state index in [1.54, 1.807) is 36.5 Å². The molecule has 1 N–H and O–H groups in total. The van der Waals surface area contributed by atoms with Crippen molar-refractivity contribution in [1.29, 1.82) is 0 Å². The molecular weight excluding hydrogens is 415 g/mol. The summed E-state index contributed by atoms with van der Waals surface area (Å²) in [5.41, 5.74) is 1.29. The van der Waals surface area contributed by atoms with Gasteiger partial charge in [0.15, 0.2) is 5.69 Å². The van der Waals surface area contributed by atoms with E-state index in [1.165, 1.54) is 10.7 Å². The molecule has 10 heteroatoms. The van der Waals surface area contributed by atoms with Gasteiger partial charge in [0, 0.05) is 29.7 Å². The number of thiophene rings is 1. The van der Waals surface area contributed by atoms with E-state index in [0.717, 1.165) is 22.6 Å². The van der Waals surface area contributed by atoms with Crippen LogP contribution < -0.4 is 5.32 Å². The van der Waals surface area contributed by atoms with E-state index in [1.807, 2.05) is 18.5 Å². The van der Waals surface area contributed by atoms with E-state index < -0.39 is 17.8 Å². The van der Waals surface area contributed by atoms with Gasteiger partial charge >= 0.3 is 6.18 Å². The van der Waals surface area contributed by atoms with Crippen molar-refractivity contribution in [2.24, 2.45) is 0 Å². The Morgan fingerprint density at radius 1 is 1.23 bits per heavy atom. The van der Waals surface area contributed by atoms with Crippen molar-refractivity contribution in [3.8, 4) is 5.69 Å². The number of rotatable bonds is 5. The van der Waals surface area contributed by atoms with Gasteiger partial charge in [0.1, 0.15) is 4.83 Å². The maximum Gasteiger partial charge on any atom is 0.435 e. The lowest BCUT2D eigenvalue weighted by Crippen LogP contribution is -2.22. The van der Waals surface area contributed by atoms with Crippen LogP contribution in [0.3, 0.4) is 0 Å². The molecule has 0 spiro atoms. The summed E-state index contributed by atoms with van der Waals surface area (Å²) in [7, 11) is 0. The fraction of sp³-hybridized carbons (Fsp3) is 0.250. The largest absolute Gasteiger partial charge is 0.435 e. The third-order valence-electron chi connectivity index (χ3n) is 4.80. The molecule has 0 aliphatic rings. The number of amides is 1. The van der Waals surface area contributed by atoms with E-state index in [2.05, 4.69) is 15.5 Å². The smallest absolute Gasteiger partial charge is 0.347 e. The summed E-state index contributed by atoms with van der Waals surface area (Å²) in [4.78, 5) is 13.1. The van der Waals surface area contributed by atoms with E-state index >= 15 is 0 Å². The molecule has 3 heterocycles. The van der Waals surface area contributed by atoms with Crippen LogP contribution in [0.5, 0.6) is 0 Å². The van der Waals surface area contributed by atoms with E-state index in [9.17, 15) is 18.0 Å². The van der Waals surface area contributed by atoms with Crippen molar-refractivity contribution in [2.75, 3.05) is 0 Å². The Kier molecular flexibility index (Phi) is 5.10. The van der Waals surface area contributed by atoms with Gasteiger partial charge in [0.25, 0.3) is 5.91 Å². The predicted molar refractivity (Wildman–Crippen MR) is 108 cm³/mol. The first kappa shape index (κ1) is 20.1. The van der Waals surface area contributed by atoms with Crippen LogP contribution in [0.2, 0.25) is 0 Å². The highest BCUT2D eigenvalue weighted by molar-refractivity contribution is 7.20. The normalized spacial score (nSPS) is 11.9. The number of aryl methyl sites for hydroxylation is 1. The third kappa shape index (κ3) is 3.58. The van der Waals surface area contributed by atoms with Crippen LogP contribution in [-0.4, -0.2) is 25.5 Å². The zero-order valence-electron chi connectivity index (χ0n) is 16.2. The van der Waals surface area contributed by atoms with Crippen molar-refractivity contribution in [3.05, 3.63) is 64.4 Å². The maximum absolute atomic E-state index is 13.5. The minimum Gasteiger partial charge on any atom is -0.347 e. The SMILES string of the molecule is CCn1ncc(CNC(=O)c2cc3c(C(F)(F)F)nn(-c4ccccc4)c3s2)c1C. The number of aromatic nitrogens is 4. The van der Waals surface area contributed by atoms with Crippen molar-refractivity contribution < 1.29 is 18.0 Å². The number of benzene rings is 1. The second-order valence-corrected chi connectivity index (χ2v) is 7.71. The van der Waals surface area contributed by atoms with Crippen LogP contribution >= 0.6 is 11.3 Å². The molecule has 0 atom stereocenters. The summed E-state index contributed by atoms with van der Waals surface area (Å²) in [5.74, 6) is -0.437. The Balaban J connectivity index is 1.67. The molecule has 30 heavy (non-hydrogen) atoms. The van der Waals surface area contributed by atoms with Crippen molar-refractivity contribution >= 4 is 27.5 Å². The molecule has 3 aromatic heterocycles. The highest BCUT2D eigenvalue weighted by Gasteiger charge is 2.38. The molecule has 0 saturated carbocycles. The molecule has 4 aromatic rings. The molecule has 0 aliphatic carbocycles. The van der Waals surface area contributed by atoms with Crippen molar-refractivity contribution in [2.45, 2.75) is 33.1 Å². The van der Waals surface area contributed by atoms with E-state index in [4.69, 9.17) is 0 Å².